The number of esters is 1. The molecule has 0 amide bonds. The van der Waals surface area contributed by atoms with Crippen molar-refractivity contribution in [1.82, 2.24) is 9.55 Å². The quantitative estimate of drug-likeness (QED) is 0.188. The molecule has 3 heterocycles. The Morgan fingerprint density at radius 3 is 2.63 bits per heavy atom. The van der Waals surface area contributed by atoms with Crippen molar-refractivity contribution < 1.29 is 14.3 Å². The summed E-state index contributed by atoms with van der Waals surface area (Å²) >= 11 is 0. The normalized spacial score (nSPS) is 13.3. The number of anilines is 1. The van der Waals surface area contributed by atoms with E-state index < -0.39 is 0 Å². The molecule has 6 heteroatoms. The molecule has 1 unspecified atom stereocenters. The number of benzene rings is 3. The first kappa shape index (κ1) is 26.6. The highest BCUT2D eigenvalue weighted by atomic mass is 16.5. The Bertz CT molecular complexity index is 1630. The average Bonchev–Trinajstić information content (AvgIpc) is 3.43. The zero-order valence-corrected chi connectivity index (χ0v) is 23.4. The average molecular weight is 546 g/mol. The molecule has 5 aromatic rings. The van der Waals surface area contributed by atoms with Crippen LogP contribution in [0.3, 0.4) is 0 Å². The molecule has 6 nitrogen and oxygen atoms in total. The fraction of sp³-hybridized carbons (Fsp3) is 0.257. The zero-order chi connectivity index (χ0) is 28.0. The number of pyridine rings is 1. The number of rotatable bonds is 10. The minimum absolute atomic E-state index is 0.188. The number of nitrogens with one attached hydrogen (secondary N) is 1. The van der Waals surface area contributed by atoms with Gasteiger partial charge in [0, 0.05) is 35.8 Å². The second-order valence-corrected chi connectivity index (χ2v) is 10.4. The van der Waals surface area contributed by atoms with Crippen molar-refractivity contribution in [2.75, 3.05) is 25.1 Å². The summed E-state index contributed by atoms with van der Waals surface area (Å²) in [7, 11) is 0. The number of carbonyl (C=O) groups is 1. The Morgan fingerprint density at radius 1 is 0.976 bits per heavy atom. The number of aryl methyl sites for hydroxylation is 1. The van der Waals surface area contributed by atoms with Crippen molar-refractivity contribution in [3.63, 3.8) is 0 Å². The van der Waals surface area contributed by atoms with Crippen molar-refractivity contribution in [1.29, 1.82) is 0 Å². The number of carbonyl (C=O) groups excluding carboxylic acids is 1. The second-order valence-electron chi connectivity index (χ2n) is 10.4. The van der Waals surface area contributed by atoms with Crippen LogP contribution in [0.1, 0.15) is 42.6 Å². The van der Waals surface area contributed by atoms with Gasteiger partial charge in [-0.2, -0.15) is 0 Å². The molecule has 0 bridgehead atoms. The summed E-state index contributed by atoms with van der Waals surface area (Å²) in [4.78, 5) is 17.4. The number of aromatic nitrogens is 2. The number of nitrogens with zero attached hydrogens (tertiary/aromatic N) is 2. The molecule has 208 valence electrons. The Hall–Kier alpha value is -4.58. The molecule has 0 spiro atoms. The molecule has 0 aliphatic carbocycles. The Balaban J connectivity index is 1.19. The molecule has 3 aromatic carbocycles. The van der Waals surface area contributed by atoms with Gasteiger partial charge in [-0.1, -0.05) is 60.7 Å². The predicted octanol–water partition coefficient (Wildman–Crippen LogP) is 7.23. The summed E-state index contributed by atoms with van der Waals surface area (Å²) in [5.41, 5.74) is 6.74. The molecule has 6 rings (SSSR count). The van der Waals surface area contributed by atoms with E-state index in [0.29, 0.717) is 13.2 Å². The lowest BCUT2D eigenvalue weighted by atomic mass is 9.99. The first-order chi connectivity index (χ1) is 20.2. The highest BCUT2D eigenvalue weighted by Gasteiger charge is 2.21. The van der Waals surface area contributed by atoms with Gasteiger partial charge in [0.05, 0.1) is 25.7 Å². The third kappa shape index (κ3) is 6.12. The summed E-state index contributed by atoms with van der Waals surface area (Å²) in [6.45, 7) is 3.74. The van der Waals surface area contributed by atoms with Crippen LogP contribution in [0.5, 0.6) is 5.75 Å². The number of fused-ring (bicyclic) bond motifs is 2. The van der Waals surface area contributed by atoms with Gasteiger partial charge in [0.25, 0.3) is 0 Å². The van der Waals surface area contributed by atoms with E-state index in [1.807, 2.05) is 37.4 Å². The van der Waals surface area contributed by atoms with E-state index in [2.05, 4.69) is 76.6 Å². The smallest absolute Gasteiger partial charge is 0.308 e. The van der Waals surface area contributed by atoms with Gasteiger partial charge in [0.2, 0.25) is 0 Å². The maximum atomic E-state index is 12.7. The molecule has 0 radical (unpaired) electrons. The lowest BCUT2D eigenvalue weighted by molar-refractivity contribution is -0.143. The van der Waals surface area contributed by atoms with E-state index >= 15 is 0 Å². The van der Waals surface area contributed by atoms with Crippen molar-refractivity contribution in [2.24, 2.45) is 0 Å². The predicted molar refractivity (Wildman–Crippen MR) is 163 cm³/mol. The van der Waals surface area contributed by atoms with Gasteiger partial charge in [-0.05, 0) is 72.4 Å². The molecule has 41 heavy (non-hydrogen) atoms. The standard InChI is InChI=1S/C35H35N3O3/c1-2-40-34(39)24-33(27-12-10-26(11-13-27)25-7-4-3-5-8-25)38-21-18-29-23-31(16-17-32(29)38)41-22-19-30-15-14-28-9-6-20-36-35(28)37-30/h3-5,7-8,10-18,21,23,33H,2,6,9,19-20,22,24H2,1H3,(H,36,37). The van der Waals surface area contributed by atoms with E-state index in [0.717, 1.165) is 65.1 Å². The van der Waals surface area contributed by atoms with Gasteiger partial charge in [-0.25, -0.2) is 4.98 Å². The van der Waals surface area contributed by atoms with Crippen LogP contribution in [0, 0.1) is 0 Å². The van der Waals surface area contributed by atoms with Crippen LogP contribution in [0.15, 0.2) is 97.2 Å². The summed E-state index contributed by atoms with van der Waals surface area (Å²) in [6.07, 6.45) is 5.29. The number of ether oxygens (including phenoxy) is 2. The first-order valence-electron chi connectivity index (χ1n) is 14.4. The minimum atomic E-state index is -0.211. The molecule has 1 aliphatic heterocycles. The SMILES string of the molecule is CCOC(=O)CC(c1ccc(-c2ccccc2)cc1)n1ccc2cc(OCCc3ccc4c(n3)NCCC4)ccc21. The summed E-state index contributed by atoms with van der Waals surface area (Å²) < 4.78 is 13.6. The fourth-order valence-electron chi connectivity index (χ4n) is 5.57. The molecule has 1 atom stereocenters. The zero-order valence-electron chi connectivity index (χ0n) is 23.4. The van der Waals surface area contributed by atoms with Crippen LogP contribution in [-0.2, 0) is 22.4 Å². The van der Waals surface area contributed by atoms with Gasteiger partial charge < -0.3 is 19.4 Å². The summed E-state index contributed by atoms with van der Waals surface area (Å²) in [5, 5.41) is 4.46. The van der Waals surface area contributed by atoms with Gasteiger partial charge >= 0.3 is 5.97 Å². The van der Waals surface area contributed by atoms with Crippen molar-refractivity contribution in [3.8, 4) is 16.9 Å². The fourth-order valence-corrected chi connectivity index (χ4v) is 5.57. The summed E-state index contributed by atoms with van der Waals surface area (Å²) in [6, 6.07) is 31.1. The van der Waals surface area contributed by atoms with Gasteiger partial charge in [0.15, 0.2) is 0 Å². The van der Waals surface area contributed by atoms with Crippen LogP contribution in [0.4, 0.5) is 5.82 Å². The van der Waals surface area contributed by atoms with Crippen molar-refractivity contribution in [3.05, 3.63) is 114 Å². The number of hydrogen-bond donors (Lipinski definition) is 1. The maximum Gasteiger partial charge on any atom is 0.308 e. The van der Waals surface area contributed by atoms with Crippen LogP contribution >= 0.6 is 0 Å². The third-order valence-corrected chi connectivity index (χ3v) is 7.67. The second kappa shape index (κ2) is 12.3. The number of hydrogen-bond acceptors (Lipinski definition) is 5. The molecule has 1 aliphatic rings. The van der Waals surface area contributed by atoms with E-state index in [9.17, 15) is 4.79 Å². The van der Waals surface area contributed by atoms with E-state index in [1.165, 1.54) is 11.1 Å². The van der Waals surface area contributed by atoms with Crippen LogP contribution in [-0.4, -0.2) is 35.3 Å². The van der Waals surface area contributed by atoms with Gasteiger partial charge in [0.1, 0.15) is 11.6 Å². The molecular weight excluding hydrogens is 510 g/mol. The molecule has 0 fully saturated rings. The third-order valence-electron chi connectivity index (χ3n) is 7.67. The van der Waals surface area contributed by atoms with Gasteiger partial charge in [-0.3, -0.25) is 4.79 Å². The highest BCUT2D eigenvalue weighted by Crippen LogP contribution is 2.32. The Kier molecular flexibility index (Phi) is 7.99. The monoisotopic (exact) mass is 545 g/mol. The van der Waals surface area contributed by atoms with E-state index in [4.69, 9.17) is 14.5 Å². The lowest BCUT2D eigenvalue weighted by Gasteiger charge is -2.21. The minimum Gasteiger partial charge on any atom is -0.493 e. The molecule has 1 N–H and O–H groups in total. The van der Waals surface area contributed by atoms with Crippen LogP contribution < -0.4 is 10.1 Å². The molecule has 0 saturated heterocycles. The Morgan fingerprint density at radius 2 is 1.80 bits per heavy atom. The van der Waals surface area contributed by atoms with Crippen molar-refractivity contribution >= 4 is 22.7 Å². The topological polar surface area (TPSA) is 65.4 Å². The summed E-state index contributed by atoms with van der Waals surface area (Å²) in [5.74, 6) is 1.63. The maximum absolute atomic E-state index is 12.7. The van der Waals surface area contributed by atoms with Crippen LogP contribution in [0.2, 0.25) is 0 Å². The van der Waals surface area contributed by atoms with Crippen LogP contribution in [0.25, 0.3) is 22.0 Å². The van der Waals surface area contributed by atoms with Crippen molar-refractivity contribution in [2.45, 2.75) is 38.6 Å². The molecule has 0 saturated carbocycles. The van der Waals surface area contributed by atoms with Gasteiger partial charge in [-0.15, -0.1) is 0 Å². The largest absolute Gasteiger partial charge is 0.493 e. The molecule has 2 aromatic heterocycles. The lowest BCUT2D eigenvalue weighted by Crippen LogP contribution is -2.16. The van der Waals surface area contributed by atoms with E-state index in [-0.39, 0.29) is 18.4 Å². The Labute approximate surface area is 241 Å². The molecular formula is C35H35N3O3. The highest BCUT2D eigenvalue weighted by molar-refractivity contribution is 5.82. The first-order valence-corrected chi connectivity index (χ1v) is 14.4. The van der Waals surface area contributed by atoms with E-state index in [1.54, 1.807) is 0 Å².